The van der Waals surface area contributed by atoms with Crippen LogP contribution in [0, 0.1) is 11.2 Å². The monoisotopic (exact) mass is 328 g/mol. The van der Waals surface area contributed by atoms with Crippen molar-refractivity contribution >= 4 is 24.0 Å². The van der Waals surface area contributed by atoms with Crippen molar-refractivity contribution in [2.45, 2.75) is 33.0 Å². The SMILES string of the molecule is CC(C)(C)[C@H](N)C(=O)Nc1ccc(F)c(C(F)(F)F)c1.Cl. The quantitative estimate of drug-likeness (QED) is 0.815. The van der Waals surface area contributed by atoms with Gasteiger partial charge in [0.25, 0.3) is 0 Å². The maximum atomic E-state index is 13.1. The summed E-state index contributed by atoms with van der Waals surface area (Å²) < 4.78 is 50.7. The summed E-state index contributed by atoms with van der Waals surface area (Å²) in [6, 6.07) is 1.35. The molecule has 0 aliphatic heterocycles. The van der Waals surface area contributed by atoms with Gasteiger partial charge in [0.15, 0.2) is 0 Å². The minimum Gasteiger partial charge on any atom is -0.325 e. The summed E-state index contributed by atoms with van der Waals surface area (Å²) in [6.07, 6.45) is -4.82. The van der Waals surface area contributed by atoms with Gasteiger partial charge in [-0.2, -0.15) is 13.2 Å². The van der Waals surface area contributed by atoms with Gasteiger partial charge < -0.3 is 11.1 Å². The topological polar surface area (TPSA) is 55.1 Å². The fourth-order valence-electron chi connectivity index (χ4n) is 1.43. The van der Waals surface area contributed by atoms with Crippen molar-refractivity contribution in [2.75, 3.05) is 5.32 Å². The number of hydrogen-bond donors (Lipinski definition) is 2. The zero-order valence-electron chi connectivity index (χ0n) is 11.7. The van der Waals surface area contributed by atoms with Crippen LogP contribution in [-0.4, -0.2) is 11.9 Å². The Morgan fingerprint density at radius 2 is 1.76 bits per heavy atom. The molecule has 0 aromatic heterocycles. The van der Waals surface area contributed by atoms with Crippen molar-refractivity contribution < 1.29 is 22.4 Å². The molecule has 3 nitrogen and oxygen atoms in total. The molecule has 120 valence electrons. The second-order valence-electron chi connectivity index (χ2n) is 5.53. The molecule has 0 heterocycles. The Labute approximate surface area is 126 Å². The van der Waals surface area contributed by atoms with Crippen LogP contribution in [0.2, 0.25) is 0 Å². The van der Waals surface area contributed by atoms with Gasteiger partial charge in [0, 0.05) is 5.69 Å². The number of benzene rings is 1. The van der Waals surface area contributed by atoms with E-state index in [0.717, 1.165) is 6.07 Å². The first-order valence-electron chi connectivity index (χ1n) is 5.86. The second kappa shape index (κ2) is 6.62. The fraction of sp³-hybridized carbons (Fsp3) is 0.462. The molecular formula is C13H17ClF4N2O. The van der Waals surface area contributed by atoms with Crippen molar-refractivity contribution in [3.8, 4) is 0 Å². The van der Waals surface area contributed by atoms with Gasteiger partial charge >= 0.3 is 6.18 Å². The minimum absolute atomic E-state index is 0. The number of carbonyl (C=O) groups is 1. The highest BCUT2D eigenvalue weighted by Crippen LogP contribution is 2.33. The van der Waals surface area contributed by atoms with Gasteiger partial charge in [-0.3, -0.25) is 4.79 Å². The standard InChI is InChI=1S/C13H16F4N2O.ClH/c1-12(2,3)10(18)11(20)19-7-4-5-9(14)8(6-7)13(15,16)17;/h4-6,10H,18H2,1-3H3,(H,19,20);1H/t10-;/m1./s1. The Balaban J connectivity index is 0.00000400. The van der Waals surface area contributed by atoms with Crippen molar-refractivity contribution in [2.24, 2.45) is 11.1 Å². The zero-order valence-corrected chi connectivity index (χ0v) is 12.5. The van der Waals surface area contributed by atoms with E-state index in [1.165, 1.54) is 0 Å². The molecule has 0 radical (unpaired) electrons. The van der Waals surface area contributed by atoms with Gasteiger partial charge in [-0.1, -0.05) is 20.8 Å². The molecule has 1 aromatic rings. The first-order valence-corrected chi connectivity index (χ1v) is 5.86. The number of nitrogens with one attached hydrogen (secondary N) is 1. The molecule has 0 aliphatic carbocycles. The van der Waals surface area contributed by atoms with Crippen LogP contribution in [0.25, 0.3) is 0 Å². The van der Waals surface area contributed by atoms with Crippen LogP contribution >= 0.6 is 12.4 Å². The molecule has 1 aromatic carbocycles. The Bertz CT molecular complexity index is 512. The summed E-state index contributed by atoms with van der Waals surface area (Å²) in [4.78, 5) is 11.8. The molecule has 3 N–H and O–H groups in total. The first-order chi connectivity index (χ1) is 8.93. The average Bonchev–Trinajstić information content (AvgIpc) is 2.27. The second-order valence-corrected chi connectivity index (χ2v) is 5.53. The van der Waals surface area contributed by atoms with E-state index in [0.29, 0.717) is 12.1 Å². The summed E-state index contributed by atoms with van der Waals surface area (Å²) in [5.74, 6) is -2.02. The summed E-state index contributed by atoms with van der Waals surface area (Å²) in [7, 11) is 0. The summed E-state index contributed by atoms with van der Waals surface area (Å²) in [5, 5.41) is 2.26. The molecule has 21 heavy (non-hydrogen) atoms. The number of hydrogen-bond acceptors (Lipinski definition) is 2. The molecule has 0 aliphatic rings. The fourth-order valence-corrected chi connectivity index (χ4v) is 1.43. The molecule has 0 fully saturated rings. The molecule has 8 heteroatoms. The Kier molecular flexibility index (Phi) is 6.19. The number of carbonyl (C=O) groups excluding carboxylic acids is 1. The lowest BCUT2D eigenvalue weighted by Gasteiger charge is -2.25. The molecule has 0 saturated heterocycles. The Morgan fingerprint density at radius 1 is 1.24 bits per heavy atom. The van der Waals surface area contributed by atoms with E-state index < -0.39 is 34.9 Å². The van der Waals surface area contributed by atoms with Gasteiger partial charge in [-0.15, -0.1) is 12.4 Å². The third-order valence-electron chi connectivity index (χ3n) is 2.75. The number of anilines is 1. The Morgan fingerprint density at radius 3 is 2.19 bits per heavy atom. The van der Waals surface area contributed by atoms with Crippen molar-refractivity contribution in [1.82, 2.24) is 0 Å². The lowest BCUT2D eigenvalue weighted by molar-refractivity contribution is -0.140. The molecule has 1 rings (SSSR count). The average molecular weight is 329 g/mol. The van der Waals surface area contributed by atoms with Crippen molar-refractivity contribution in [3.05, 3.63) is 29.6 Å². The molecule has 1 atom stereocenters. The predicted octanol–water partition coefficient (Wildman–Crippen LogP) is 3.58. The molecule has 1 amide bonds. The number of halogens is 5. The van der Waals surface area contributed by atoms with E-state index in [1.807, 2.05) is 0 Å². The number of rotatable bonds is 2. The highest BCUT2D eigenvalue weighted by molar-refractivity contribution is 5.95. The summed E-state index contributed by atoms with van der Waals surface area (Å²) in [6.45, 7) is 5.18. The van der Waals surface area contributed by atoms with E-state index in [2.05, 4.69) is 5.32 Å². The van der Waals surface area contributed by atoms with E-state index in [4.69, 9.17) is 5.73 Å². The van der Waals surface area contributed by atoms with Crippen LogP contribution in [0.15, 0.2) is 18.2 Å². The summed E-state index contributed by atoms with van der Waals surface area (Å²) in [5.41, 5.74) is 3.56. The van der Waals surface area contributed by atoms with Crippen molar-refractivity contribution in [1.29, 1.82) is 0 Å². The van der Waals surface area contributed by atoms with Gasteiger partial charge in [-0.25, -0.2) is 4.39 Å². The molecule has 0 spiro atoms. The number of alkyl halides is 3. The van der Waals surface area contributed by atoms with Crippen LogP contribution in [0.1, 0.15) is 26.3 Å². The van der Waals surface area contributed by atoms with E-state index in [-0.39, 0.29) is 18.1 Å². The van der Waals surface area contributed by atoms with Crippen LogP contribution in [0.3, 0.4) is 0 Å². The lowest BCUT2D eigenvalue weighted by atomic mass is 9.87. The van der Waals surface area contributed by atoms with E-state index >= 15 is 0 Å². The largest absolute Gasteiger partial charge is 0.419 e. The number of nitrogens with two attached hydrogens (primary N) is 1. The summed E-state index contributed by atoms with van der Waals surface area (Å²) >= 11 is 0. The third-order valence-corrected chi connectivity index (χ3v) is 2.75. The first kappa shape index (κ1) is 19.7. The van der Waals surface area contributed by atoms with Gasteiger partial charge in [-0.05, 0) is 23.6 Å². The molecule has 0 unspecified atom stereocenters. The van der Waals surface area contributed by atoms with Crippen LogP contribution in [-0.2, 0) is 11.0 Å². The van der Waals surface area contributed by atoms with Crippen LogP contribution < -0.4 is 11.1 Å². The van der Waals surface area contributed by atoms with Gasteiger partial charge in [0.2, 0.25) is 5.91 Å². The highest BCUT2D eigenvalue weighted by Gasteiger charge is 2.34. The predicted molar refractivity (Wildman–Crippen MR) is 74.7 cm³/mol. The lowest BCUT2D eigenvalue weighted by Crippen LogP contribution is -2.45. The Hall–Kier alpha value is -1.34. The van der Waals surface area contributed by atoms with Gasteiger partial charge in [0.1, 0.15) is 5.82 Å². The van der Waals surface area contributed by atoms with Crippen LogP contribution in [0.5, 0.6) is 0 Å². The zero-order chi connectivity index (χ0) is 15.7. The van der Waals surface area contributed by atoms with E-state index in [1.54, 1.807) is 20.8 Å². The molecule has 0 bridgehead atoms. The van der Waals surface area contributed by atoms with Crippen molar-refractivity contribution in [3.63, 3.8) is 0 Å². The smallest absolute Gasteiger partial charge is 0.325 e. The molecule has 0 saturated carbocycles. The van der Waals surface area contributed by atoms with Gasteiger partial charge in [0.05, 0.1) is 11.6 Å². The maximum absolute atomic E-state index is 13.1. The third kappa shape index (κ3) is 5.17. The highest BCUT2D eigenvalue weighted by atomic mass is 35.5. The normalized spacial score (nSPS) is 13.3. The van der Waals surface area contributed by atoms with E-state index in [9.17, 15) is 22.4 Å². The number of amides is 1. The van der Waals surface area contributed by atoms with Crippen LogP contribution in [0.4, 0.5) is 23.2 Å². The maximum Gasteiger partial charge on any atom is 0.419 e. The minimum atomic E-state index is -4.82. The molecular weight excluding hydrogens is 312 g/mol.